The highest BCUT2D eigenvalue weighted by Crippen LogP contribution is 2.37. The van der Waals surface area contributed by atoms with Crippen LogP contribution < -0.4 is 5.32 Å². The monoisotopic (exact) mass is 304 g/mol. The number of carbonyl (C=O) groups is 2. The predicted molar refractivity (Wildman–Crippen MR) is 83.6 cm³/mol. The summed E-state index contributed by atoms with van der Waals surface area (Å²) in [7, 11) is 0. The quantitative estimate of drug-likeness (QED) is 0.908. The number of hydrogen-bond donors (Lipinski definition) is 1. The van der Waals surface area contributed by atoms with Crippen molar-refractivity contribution in [1.82, 2.24) is 10.3 Å². The zero-order valence-electron chi connectivity index (χ0n) is 13.7. The number of aryl methyl sites for hydroxylation is 2. The van der Waals surface area contributed by atoms with E-state index in [0.29, 0.717) is 25.7 Å². The highest BCUT2D eigenvalue weighted by atomic mass is 16.6. The van der Waals surface area contributed by atoms with Crippen LogP contribution in [-0.2, 0) is 16.0 Å². The van der Waals surface area contributed by atoms with E-state index < -0.39 is 17.2 Å². The molecule has 0 aromatic carbocycles. The Morgan fingerprint density at radius 2 is 2.05 bits per heavy atom. The van der Waals surface area contributed by atoms with Crippen LogP contribution in [0.2, 0.25) is 0 Å². The van der Waals surface area contributed by atoms with Crippen LogP contribution in [0.3, 0.4) is 0 Å². The Hall–Kier alpha value is -1.91. The smallest absolute Gasteiger partial charge is 0.408 e. The first-order chi connectivity index (χ1) is 10.2. The van der Waals surface area contributed by atoms with Gasteiger partial charge in [-0.15, -0.1) is 0 Å². The number of ketones is 1. The Balaban J connectivity index is 1.89. The lowest BCUT2D eigenvalue weighted by Crippen LogP contribution is -2.45. The van der Waals surface area contributed by atoms with Crippen molar-refractivity contribution < 1.29 is 14.3 Å². The number of Topliss-reactive ketones (excluding diaryl/α,β-unsaturated/α-hetero) is 1. The minimum absolute atomic E-state index is 0.0587. The molecular formula is C17H24N2O3. The van der Waals surface area contributed by atoms with Gasteiger partial charge in [-0.25, -0.2) is 4.79 Å². The molecule has 0 radical (unpaired) electrons. The standard InChI is InChI=1S/C17H24N2O3/c1-12-6-5-11-18-13(12)7-8-14(20)17(9-10-17)19-15(21)22-16(2,3)4/h5-6,11H,7-10H2,1-4H3,(H,19,21). The zero-order valence-corrected chi connectivity index (χ0v) is 13.7. The van der Waals surface area contributed by atoms with E-state index >= 15 is 0 Å². The summed E-state index contributed by atoms with van der Waals surface area (Å²) in [6.45, 7) is 7.39. The Labute approximate surface area is 131 Å². The summed E-state index contributed by atoms with van der Waals surface area (Å²) in [5.74, 6) is 0.0587. The molecule has 1 saturated carbocycles. The molecule has 0 atom stereocenters. The molecule has 0 aliphatic heterocycles. The Kier molecular flexibility index (Phi) is 4.54. The van der Waals surface area contributed by atoms with E-state index in [-0.39, 0.29) is 5.78 Å². The third kappa shape index (κ3) is 4.29. The molecule has 0 spiro atoms. The van der Waals surface area contributed by atoms with E-state index in [2.05, 4.69) is 10.3 Å². The maximum atomic E-state index is 12.4. The minimum atomic E-state index is -0.717. The van der Waals surface area contributed by atoms with Crippen molar-refractivity contribution in [2.45, 2.75) is 64.5 Å². The number of nitrogens with one attached hydrogen (secondary N) is 1. The lowest BCUT2D eigenvalue weighted by Gasteiger charge is -2.22. The summed E-state index contributed by atoms with van der Waals surface area (Å²) >= 11 is 0. The third-order valence-electron chi connectivity index (χ3n) is 3.73. The second kappa shape index (κ2) is 6.07. The van der Waals surface area contributed by atoms with Crippen LogP contribution in [0.4, 0.5) is 4.79 Å². The maximum absolute atomic E-state index is 12.4. The molecule has 2 rings (SSSR count). The molecule has 1 N–H and O–H groups in total. The molecule has 1 aromatic rings. The number of aromatic nitrogens is 1. The van der Waals surface area contributed by atoms with Gasteiger partial charge < -0.3 is 10.1 Å². The number of alkyl carbamates (subject to hydrolysis) is 1. The van der Waals surface area contributed by atoms with Gasteiger partial charge in [0.2, 0.25) is 0 Å². The van der Waals surface area contributed by atoms with E-state index in [4.69, 9.17) is 4.74 Å². The average Bonchev–Trinajstić information content (AvgIpc) is 3.16. The fourth-order valence-electron chi connectivity index (χ4n) is 2.35. The largest absolute Gasteiger partial charge is 0.444 e. The normalized spacial score (nSPS) is 16.0. The van der Waals surface area contributed by atoms with Crippen LogP contribution >= 0.6 is 0 Å². The van der Waals surface area contributed by atoms with Crippen molar-refractivity contribution in [1.29, 1.82) is 0 Å². The summed E-state index contributed by atoms with van der Waals surface area (Å²) < 4.78 is 5.23. The predicted octanol–water partition coefficient (Wildman–Crippen LogP) is 2.95. The first kappa shape index (κ1) is 16.5. The second-order valence-corrected chi connectivity index (χ2v) is 6.90. The molecule has 120 valence electrons. The first-order valence-corrected chi connectivity index (χ1v) is 7.67. The van der Waals surface area contributed by atoms with Crippen LogP contribution in [0.5, 0.6) is 0 Å². The minimum Gasteiger partial charge on any atom is -0.444 e. The summed E-state index contributed by atoms with van der Waals surface area (Å²) in [6.07, 6.45) is 3.57. The van der Waals surface area contributed by atoms with Gasteiger partial charge in [-0.05, 0) is 58.6 Å². The van der Waals surface area contributed by atoms with Crippen LogP contribution in [0.1, 0.15) is 51.3 Å². The molecule has 1 aliphatic rings. The number of pyridine rings is 1. The molecule has 0 saturated heterocycles. The molecular weight excluding hydrogens is 280 g/mol. The van der Waals surface area contributed by atoms with Crippen molar-refractivity contribution in [2.24, 2.45) is 0 Å². The molecule has 22 heavy (non-hydrogen) atoms. The van der Waals surface area contributed by atoms with Crippen molar-refractivity contribution in [3.63, 3.8) is 0 Å². The van der Waals surface area contributed by atoms with Gasteiger partial charge in [0, 0.05) is 18.3 Å². The Bertz CT molecular complexity index is 572. The molecule has 0 unspecified atom stereocenters. The van der Waals surface area contributed by atoms with Crippen LogP contribution in [0, 0.1) is 6.92 Å². The zero-order chi connectivity index (χ0) is 16.4. The average molecular weight is 304 g/mol. The molecule has 1 fully saturated rings. The topological polar surface area (TPSA) is 68.3 Å². The van der Waals surface area contributed by atoms with Crippen LogP contribution in [0.25, 0.3) is 0 Å². The second-order valence-electron chi connectivity index (χ2n) is 6.90. The van der Waals surface area contributed by atoms with Gasteiger partial charge in [0.25, 0.3) is 0 Å². The van der Waals surface area contributed by atoms with E-state index in [1.165, 1.54) is 0 Å². The van der Waals surface area contributed by atoms with Crippen molar-refractivity contribution in [3.05, 3.63) is 29.6 Å². The lowest BCUT2D eigenvalue weighted by molar-refractivity contribution is -0.122. The number of rotatable bonds is 5. The summed E-state index contributed by atoms with van der Waals surface area (Å²) in [6, 6.07) is 3.87. The number of ether oxygens (including phenoxy) is 1. The molecule has 1 aliphatic carbocycles. The van der Waals surface area contributed by atoms with Crippen LogP contribution in [-0.4, -0.2) is 28.0 Å². The molecule has 5 heteroatoms. The first-order valence-electron chi connectivity index (χ1n) is 7.67. The SMILES string of the molecule is Cc1cccnc1CCC(=O)C1(NC(=O)OC(C)(C)C)CC1. The van der Waals surface area contributed by atoms with Crippen molar-refractivity contribution >= 4 is 11.9 Å². The van der Waals surface area contributed by atoms with Crippen molar-refractivity contribution in [2.75, 3.05) is 0 Å². The summed E-state index contributed by atoms with van der Waals surface area (Å²) in [5, 5.41) is 2.74. The number of nitrogens with zero attached hydrogens (tertiary/aromatic N) is 1. The molecule has 1 amide bonds. The van der Waals surface area contributed by atoms with Gasteiger partial charge in [0.1, 0.15) is 11.1 Å². The van der Waals surface area contributed by atoms with Gasteiger partial charge in [0.15, 0.2) is 5.78 Å². The number of amides is 1. The number of hydrogen-bond acceptors (Lipinski definition) is 4. The Morgan fingerprint density at radius 1 is 1.36 bits per heavy atom. The van der Waals surface area contributed by atoms with Gasteiger partial charge in [-0.3, -0.25) is 9.78 Å². The van der Waals surface area contributed by atoms with Gasteiger partial charge in [-0.1, -0.05) is 6.07 Å². The van der Waals surface area contributed by atoms with E-state index in [0.717, 1.165) is 11.3 Å². The molecule has 0 bridgehead atoms. The molecule has 1 aromatic heterocycles. The number of carbonyl (C=O) groups excluding carboxylic acids is 2. The molecule has 5 nitrogen and oxygen atoms in total. The van der Waals surface area contributed by atoms with E-state index in [1.54, 1.807) is 27.0 Å². The summed E-state index contributed by atoms with van der Waals surface area (Å²) in [4.78, 5) is 28.6. The highest BCUT2D eigenvalue weighted by Gasteiger charge is 2.50. The van der Waals surface area contributed by atoms with Crippen molar-refractivity contribution in [3.8, 4) is 0 Å². The van der Waals surface area contributed by atoms with E-state index in [9.17, 15) is 9.59 Å². The van der Waals surface area contributed by atoms with Gasteiger partial charge in [0.05, 0.1) is 0 Å². The fraction of sp³-hybridized carbons (Fsp3) is 0.588. The van der Waals surface area contributed by atoms with E-state index in [1.807, 2.05) is 19.1 Å². The fourth-order valence-corrected chi connectivity index (χ4v) is 2.35. The highest BCUT2D eigenvalue weighted by molar-refractivity contribution is 5.94. The van der Waals surface area contributed by atoms with Gasteiger partial charge in [-0.2, -0.15) is 0 Å². The third-order valence-corrected chi connectivity index (χ3v) is 3.73. The maximum Gasteiger partial charge on any atom is 0.408 e. The Morgan fingerprint density at radius 3 is 2.59 bits per heavy atom. The van der Waals surface area contributed by atoms with Crippen LogP contribution in [0.15, 0.2) is 18.3 Å². The summed E-state index contributed by atoms with van der Waals surface area (Å²) in [5.41, 5.74) is 0.739. The van der Waals surface area contributed by atoms with Gasteiger partial charge >= 0.3 is 6.09 Å². The lowest BCUT2D eigenvalue weighted by atomic mass is 10.0. The molecule has 1 heterocycles.